The number of hydrogen-bond donors (Lipinski definition) is 0. The molecule has 0 bridgehead atoms. The second-order valence-electron chi connectivity index (χ2n) is 7.66. The van der Waals surface area contributed by atoms with Crippen molar-refractivity contribution in [3.63, 3.8) is 0 Å². The van der Waals surface area contributed by atoms with Gasteiger partial charge in [0.2, 0.25) is 0 Å². The molecule has 30 heavy (non-hydrogen) atoms. The first-order chi connectivity index (χ1) is 14.2. The Kier molecular flexibility index (Phi) is 6.17. The Morgan fingerprint density at radius 3 is 2.23 bits per heavy atom. The van der Waals surface area contributed by atoms with Crippen LogP contribution >= 0.6 is 15.9 Å². The average Bonchev–Trinajstić information content (AvgIpc) is 2.71. The molecule has 0 N–H and O–H groups in total. The van der Waals surface area contributed by atoms with Crippen molar-refractivity contribution in [1.29, 1.82) is 0 Å². The number of halogens is 1. The summed E-state index contributed by atoms with van der Waals surface area (Å²) in [5.74, 6) is 2.16. The lowest BCUT2D eigenvalue weighted by Gasteiger charge is -2.21. The SMILES string of the molecule is COc1cc(OC)c(OC)cc1C=Nn1c(C(C)(C)C)nc2ccc(Br)cc2c1=O. The van der Waals surface area contributed by atoms with E-state index in [0.717, 1.165) is 4.47 Å². The molecule has 0 spiro atoms. The van der Waals surface area contributed by atoms with Crippen LogP contribution in [0.15, 0.2) is 44.7 Å². The van der Waals surface area contributed by atoms with E-state index in [0.29, 0.717) is 39.5 Å². The molecule has 0 amide bonds. The van der Waals surface area contributed by atoms with Crippen LogP contribution in [0.4, 0.5) is 0 Å². The Hall–Kier alpha value is -2.87. The molecule has 0 atom stereocenters. The molecule has 8 heteroatoms. The molecule has 0 aliphatic carbocycles. The minimum atomic E-state index is -0.403. The summed E-state index contributed by atoms with van der Waals surface area (Å²) in [6, 6.07) is 8.89. The van der Waals surface area contributed by atoms with Crippen LogP contribution in [0.25, 0.3) is 10.9 Å². The van der Waals surface area contributed by atoms with E-state index in [9.17, 15) is 4.79 Å². The predicted molar refractivity (Wildman–Crippen MR) is 121 cm³/mol. The fourth-order valence-electron chi connectivity index (χ4n) is 3.01. The number of aromatic nitrogens is 2. The highest BCUT2D eigenvalue weighted by Gasteiger charge is 2.23. The van der Waals surface area contributed by atoms with Gasteiger partial charge in [0.25, 0.3) is 5.56 Å². The Labute approximate surface area is 183 Å². The number of rotatable bonds is 5. The second-order valence-corrected chi connectivity index (χ2v) is 8.57. The zero-order valence-electron chi connectivity index (χ0n) is 17.8. The lowest BCUT2D eigenvalue weighted by molar-refractivity contribution is 0.349. The van der Waals surface area contributed by atoms with Crippen molar-refractivity contribution in [3.8, 4) is 17.2 Å². The van der Waals surface area contributed by atoms with Crippen molar-refractivity contribution in [1.82, 2.24) is 9.66 Å². The molecule has 1 heterocycles. The minimum absolute atomic E-state index is 0.248. The lowest BCUT2D eigenvalue weighted by Crippen LogP contribution is -2.29. The minimum Gasteiger partial charge on any atom is -0.496 e. The third-order valence-electron chi connectivity index (χ3n) is 4.53. The Bertz CT molecular complexity index is 1180. The molecule has 0 unspecified atom stereocenters. The van der Waals surface area contributed by atoms with Gasteiger partial charge >= 0.3 is 0 Å². The molecule has 0 aliphatic rings. The molecule has 0 saturated heterocycles. The fourth-order valence-corrected chi connectivity index (χ4v) is 3.38. The van der Waals surface area contributed by atoms with Crippen molar-refractivity contribution in [2.75, 3.05) is 21.3 Å². The van der Waals surface area contributed by atoms with Gasteiger partial charge in [0.05, 0.1) is 38.4 Å². The van der Waals surface area contributed by atoms with Crippen LogP contribution in [-0.2, 0) is 5.41 Å². The molecule has 3 aromatic rings. The van der Waals surface area contributed by atoms with Gasteiger partial charge in [-0.1, -0.05) is 36.7 Å². The van der Waals surface area contributed by atoms with E-state index in [-0.39, 0.29) is 5.56 Å². The van der Waals surface area contributed by atoms with Crippen LogP contribution in [0.5, 0.6) is 17.2 Å². The summed E-state index contributed by atoms with van der Waals surface area (Å²) in [5, 5.41) is 4.97. The molecule has 0 fully saturated rings. The van der Waals surface area contributed by atoms with Gasteiger partial charge in [-0.05, 0) is 24.3 Å². The maximum atomic E-state index is 13.3. The maximum absolute atomic E-state index is 13.3. The van der Waals surface area contributed by atoms with Gasteiger partial charge < -0.3 is 14.2 Å². The standard InChI is InChI=1S/C22H24BrN3O4/c1-22(2,3)21-25-16-8-7-14(23)10-15(16)20(27)26(21)24-12-13-9-18(29-5)19(30-6)11-17(13)28-4/h7-12H,1-6H3. The quantitative estimate of drug-likeness (QED) is 0.514. The normalized spacial score (nSPS) is 11.8. The van der Waals surface area contributed by atoms with Gasteiger partial charge in [0.1, 0.15) is 11.6 Å². The van der Waals surface area contributed by atoms with Crippen molar-refractivity contribution >= 4 is 33.0 Å². The van der Waals surface area contributed by atoms with Gasteiger partial charge in [0, 0.05) is 21.5 Å². The third kappa shape index (κ3) is 4.18. The Morgan fingerprint density at radius 1 is 1.00 bits per heavy atom. The monoisotopic (exact) mass is 473 g/mol. The van der Waals surface area contributed by atoms with E-state index in [4.69, 9.17) is 19.2 Å². The molecule has 3 rings (SSSR count). The van der Waals surface area contributed by atoms with Crippen molar-refractivity contribution in [3.05, 3.63) is 56.5 Å². The van der Waals surface area contributed by atoms with E-state index in [1.165, 1.54) is 4.68 Å². The molecular formula is C22H24BrN3O4. The molecular weight excluding hydrogens is 450 g/mol. The van der Waals surface area contributed by atoms with E-state index in [1.54, 1.807) is 45.7 Å². The first kappa shape index (κ1) is 21.8. The summed E-state index contributed by atoms with van der Waals surface area (Å²) in [6.45, 7) is 5.97. The predicted octanol–water partition coefficient (Wildman–Crippen LogP) is 4.36. The number of fused-ring (bicyclic) bond motifs is 1. The summed E-state index contributed by atoms with van der Waals surface area (Å²) in [4.78, 5) is 18.0. The number of benzene rings is 2. The Morgan fingerprint density at radius 2 is 1.63 bits per heavy atom. The first-order valence-electron chi connectivity index (χ1n) is 9.26. The smallest absolute Gasteiger partial charge is 0.282 e. The van der Waals surface area contributed by atoms with E-state index < -0.39 is 5.41 Å². The summed E-state index contributed by atoms with van der Waals surface area (Å²) >= 11 is 3.42. The molecule has 0 radical (unpaired) electrons. The van der Waals surface area contributed by atoms with E-state index in [1.807, 2.05) is 32.9 Å². The van der Waals surface area contributed by atoms with Crippen LogP contribution in [-0.4, -0.2) is 37.2 Å². The third-order valence-corrected chi connectivity index (χ3v) is 5.02. The lowest BCUT2D eigenvalue weighted by atomic mass is 9.95. The fraction of sp³-hybridized carbons (Fsp3) is 0.318. The van der Waals surface area contributed by atoms with Crippen LogP contribution in [0.1, 0.15) is 32.2 Å². The summed E-state index contributed by atoms with van der Waals surface area (Å²) in [6.07, 6.45) is 1.56. The highest BCUT2D eigenvalue weighted by molar-refractivity contribution is 9.10. The summed E-state index contributed by atoms with van der Waals surface area (Å²) in [7, 11) is 4.66. The largest absolute Gasteiger partial charge is 0.496 e. The number of nitrogens with zero attached hydrogens (tertiary/aromatic N) is 3. The van der Waals surface area contributed by atoms with Crippen molar-refractivity contribution in [2.24, 2.45) is 5.10 Å². The molecule has 158 valence electrons. The van der Waals surface area contributed by atoms with Crippen molar-refractivity contribution < 1.29 is 14.2 Å². The van der Waals surface area contributed by atoms with Gasteiger partial charge in [0.15, 0.2) is 11.5 Å². The molecule has 0 aliphatic heterocycles. The van der Waals surface area contributed by atoms with E-state index >= 15 is 0 Å². The number of ether oxygens (including phenoxy) is 3. The van der Waals surface area contributed by atoms with Gasteiger partial charge in [-0.15, -0.1) is 0 Å². The molecule has 0 saturated carbocycles. The van der Waals surface area contributed by atoms with Gasteiger partial charge in [-0.25, -0.2) is 4.98 Å². The highest BCUT2D eigenvalue weighted by atomic mass is 79.9. The first-order valence-corrected chi connectivity index (χ1v) is 10.1. The van der Waals surface area contributed by atoms with E-state index in [2.05, 4.69) is 21.0 Å². The maximum Gasteiger partial charge on any atom is 0.282 e. The van der Waals surface area contributed by atoms with Crippen LogP contribution < -0.4 is 19.8 Å². The number of methoxy groups -OCH3 is 3. The summed E-state index contributed by atoms with van der Waals surface area (Å²) < 4.78 is 18.3. The zero-order chi connectivity index (χ0) is 22.1. The zero-order valence-corrected chi connectivity index (χ0v) is 19.4. The van der Waals surface area contributed by atoms with Gasteiger partial charge in [-0.2, -0.15) is 9.78 Å². The molecule has 1 aromatic heterocycles. The van der Waals surface area contributed by atoms with Gasteiger partial charge in [-0.3, -0.25) is 4.79 Å². The highest BCUT2D eigenvalue weighted by Crippen LogP contribution is 2.34. The van der Waals surface area contributed by atoms with Crippen molar-refractivity contribution in [2.45, 2.75) is 26.2 Å². The topological polar surface area (TPSA) is 74.9 Å². The molecule has 7 nitrogen and oxygen atoms in total. The van der Waals surface area contributed by atoms with Crippen LogP contribution in [0.2, 0.25) is 0 Å². The molecule has 2 aromatic carbocycles. The summed E-state index contributed by atoms with van der Waals surface area (Å²) in [5.41, 5.74) is 0.612. The Balaban J connectivity index is 2.23. The number of hydrogen-bond acceptors (Lipinski definition) is 6. The average molecular weight is 474 g/mol. The van der Waals surface area contributed by atoms with Crippen LogP contribution in [0.3, 0.4) is 0 Å². The van der Waals surface area contributed by atoms with Crippen LogP contribution in [0, 0.1) is 0 Å². The second kappa shape index (κ2) is 8.47.